The molecule has 0 unspecified atom stereocenters. The van der Waals surface area contributed by atoms with Gasteiger partial charge in [0.1, 0.15) is 0 Å². The first-order valence-electron chi connectivity index (χ1n) is 9.94. The molecule has 0 aromatic carbocycles. The smallest absolute Gasteiger partial charge is 0.257 e. The van der Waals surface area contributed by atoms with Crippen LogP contribution in [0.4, 0.5) is 5.95 Å². The predicted octanol–water partition coefficient (Wildman–Crippen LogP) is 2.11. The third-order valence-electron chi connectivity index (χ3n) is 5.68. The molecule has 0 bridgehead atoms. The summed E-state index contributed by atoms with van der Waals surface area (Å²) in [6, 6.07) is 8.17. The number of hydrogen-bond acceptors (Lipinski definition) is 5. The molecule has 0 amide bonds. The lowest BCUT2D eigenvalue weighted by molar-refractivity contribution is 0.238. The summed E-state index contributed by atoms with van der Waals surface area (Å²) in [6.07, 6.45) is 8.86. The summed E-state index contributed by atoms with van der Waals surface area (Å²) in [4.78, 5) is 29.2. The molecular formula is C21H24N6O. The van der Waals surface area contributed by atoms with Crippen LogP contribution in [0, 0.1) is 0 Å². The minimum atomic E-state index is 0.0132. The van der Waals surface area contributed by atoms with E-state index in [1.165, 1.54) is 18.5 Å². The van der Waals surface area contributed by atoms with Crippen LogP contribution in [0.5, 0.6) is 0 Å². The van der Waals surface area contributed by atoms with Crippen LogP contribution in [-0.4, -0.2) is 44.1 Å². The molecule has 0 radical (unpaired) electrons. The number of fused-ring (bicyclic) bond motifs is 1. The minimum absolute atomic E-state index is 0.0132. The molecule has 7 nitrogen and oxygen atoms in total. The van der Waals surface area contributed by atoms with Crippen molar-refractivity contribution in [2.75, 3.05) is 24.5 Å². The van der Waals surface area contributed by atoms with E-state index in [4.69, 9.17) is 4.98 Å². The normalized spacial score (nSPS) is 17.1. The maximum Gasteiger partial charge on any atom is 0.257 e. The summed E-state index contributed by atoms with van der Waals surface area (Å²) >= 11 is 0. The molecule has 144 valence electrons. The Kier molecular flexibility index (Phi) is 4.44. The van der Waals surface area contributed by atoms with E-state index in [9.17, 15) is 4.79 Å². The van der Waals surface area contributed by atoms with Crippen LogP contribution in [0.15, 0.2) is 47.7 Å². The minimum Gasteiger partial charge on any atom is -0.342 e. The first-order valence-corrected chi connectivity index (χ1v) is 9.94. The van der Waals surface area contributed by atoms with Gasteiger partial charge in [-0.25, -0.2) is 4.98 Å². The van der Waals surface area contributed by atoms with E-state index in [2.05, 4.69) is 48.7 Å². The molecule has 7 heteroatoms. The van der Waals surface area contributed by atoms with Crippen molar-refractivity contribution in [2.24, 2.45) is 0 Å². The molecule has 5 heterocycles. The number of H-pyrrole nitrogens is 1. The lowest BCUT2D eigenvalue weighted by Gasteiger charge is -2.28. The summed E-state index contributed by atoms with van der Waals surface area (Å²) in [6.45, 7) is 4.30. The zero-order valence-electron chi connectivity index (χ0n) is 15.8. The second-order valence-electron chi connectivity index (χ2n) is 7.55. The molecule has 28 heavy (non-hydrogen) atoms. The van der Waals surface area contributed by atoms with Gasteiger partial charge in [0.2, 0.25) is 5.95 Å². The number of rotatable bonds is 4. The van der Waals surface area contributed by atoms with Crippen LogP contribution < -0.4 is 10.5 Å². The SMILES string of the molecule is O=c1[nH]c(N2CCCC2)nc2c1CN(Cc1cccn1-c1cccnc1)CC2. The molecule has 1 saturated heterocycles. The lowest BCUT2D eigenvalue weighted by Crippen LogP contribution is -2.37. The van der Waals surface area contributed by atoms with E-state index in [0.717, 1.165) is 55.5 Å². The summed E-state index contributed by atoms with van der Waals surface area (Å²) in [5, 5.41) is 0. The molecular weight excluding hydrogens is 352 g/mol. The molecule has 0 spiro atoms. The molecule has 1 N–H and O–H groups in total. The standard InChI is InChI=1S/C21H24N6O/c28-20-18-15-25(12-7-19(18)23-21(24-20)26-9-1-2-10-26)14-17-6-4-11-27(17)16-5-3-8-22-13-16/h3-6,8,11,13H,1-2,7,9-10,12,14-15H2,(H,23,24,28). The Balaban J connectivity index is 1.36. The number of hydrogen-bond donors (Lipinski definition) is 1. The van der Waals surface area contributed by atoms with Gasteiger partial charge in [0.15, 0.2) is 0 Å². The van der Waals surface area contributed by atoms with Crippen molar-refractivity contribution in [3.8, 4) is 5.69 Å². The molecule has 0 atom stereocenters. The van der Waals surface area contributed by atoms with E-state index in [0.29, 0.717) is 6.54 Å². The molecule has 0 saturated carbocycles. The number of nitrogens with zero attached hydrogens (tertiary/aromatic N) is 5. The van der Waals surface area contributed by atoms with Gasteiger partial charge < -0.3 is 9.47 Å². The Morgan fingerprint density at radius 3 is 2.82 bits per heavy atom. The molecule has 2 aliphatic rings. The van der Waals surface area contributed by atoms with E-state index in [-0.39, 0.29) is 5.56 Å². The molecule has 0 aliphatic carbocycles. The van der Waals surface area contributed by atoms with Gasteiger partial charge in [0.25, 0.3) is 5.56 Å². The fourth-order valence-corrected chi connectivity index (χ4v) is 4.20. The summed E-state index contributed by atoms with van der Waals surface area (Å²) in [5.41, 5.74) is 4.03. The summed E-state index contributed by atoms with van der Waals surface area (Å²) in [7, 11) is 0. The van der Waals surface area contributed by atoms with Gasteiger partial charge in [0.05, 0.1) is 23.1 Å². The van der Waals surface area contributed by atoms with Gasteiger partial charge in [-0.3, -0.25) is 19.7 Å². The Labute approximate surface area is 163 Å². The van der Waals surface area contributed by atoms with Crippen molar-refractivity contribution in [1.29, 1.82) is 0 Å². The van der Waals surface area contributed by atoms with Gasteiger partial charge in [-0.15, -0.1) is 0 Å². The van der Waals surface area contributed by atoms with Crippen LogP contribution in [0.3, 0.4) is 0 Å². The van der Waals surface area contributed by atoms with Gasteiger partial charge in [-0.05, 0) is 37.1 Å². The summed E-state index contributed by atoms with van der Waals surface area (Å²) in [5.74, 6) is 0.750. The average Bonchev–Trinajstić information content (AvgIpc) is 3.41. The van der Waals surface area contributed by atoms with Crippen LogP contribution in [0.1, 0.15) is 29.8 Å². The van der Waals surface area contributed by atoms with Crippen LogP contribution in [0.25, 0.3) is 5.69 Å². The largest absolute Gasteiger partial charge is 0.342 e. The molecule has 2 aliphatic heterocycles. The number of nitrogens with one attached hydrogen (secondary N) is 1. The Morgan fingerprint density at radius 2 is 2.00 bits per heavy atom. The Bertz CT molecular complexity index is 1020. The van der Waals surface area contributed by atoms with Crippen molar-refractivity contribution in [3.05, 3.63) is 70.2 Å². The lowest BCUT2D eigenvalue weighted by atomic mass is 10.1. The third-order valence-corrected chi connectivity index (χ3v) is 5.68. The number of anilines is 1. The number of aromatic amines is 1. The Morgan fingerprint density at radius 1 is 1.11 bits per heavy atom. The highest BCUT2D eigenvalue weighted by Crippen LogP contribution is 2.21. The average molecular weight is 376 g/mol. The van der Waals surface area contributed by atoms with Gasteiger partial charge >= 0.3 is 0 Å². The van der Waals surface area contributed by atoms with Crippen molar-refractivity contribution in [2.45, 2.75) is 32.4 Å². The topological polar surface area (TPSA) is 70.1 Å². The molecule has 3 aromatic heterocycles. The van der Waals surface area contributed by atoms with Crippen LogP contribution in [-0.2, 0) is 19.5 Å². The monoisotopic (exact) mass is 376 g/mol. The Hall–Kier alpha value is -2.93. The highest BCUT2D eigenvalue weighted by Gasteiger charge is 2.24. The first kappa shape index (κ1) is 17.2. The van der Waals surface area contributed by atoms with Crippen molar-refractivity contribution in [3.63, 3.8) is 0 Å². The fraction of sp³-hybridized carbons (Fsp3) is 0.381. The second-order valence-corrected chi connectivity index (χ2v) is 7.55. The third kappa shape index (κ3) is 3.22. The maximum absolute atomic E-state index is 12.7. The number of aromatic nitrogens is 4. The van der Waals surface area contributed by atoms with E-state index < -0.39 is 0 Å². The zero-order chi connectivity index (χ0) is 18.9. The van der Waals surface area contributed by atoms with Crippen LogP contribution in [0.2, 0.25) is 0 Å². The van der Waals surface area contributed by atoms with Crippen molar-refractivity contribution in [1.82, 2.24) is 24.4 Å². The quantitative estimate of drug-likeness (QED) is 0.755. The highest BCUT2D eigenvalue weighted by molar-refractivity contribution is 5.36. The fourth-order valence-electron chi connectivity index (χ4n) is 4.20. The zero-order valence-corrected chi connectivity index (χ0v) is 15.8. The van der Waals surface area contributed by atoms with E-state index >= 15 is 0 Å². The van der Waals surface area contributed by atoms with E-state index in [1.54, 1.807) is 6.20 Å². The highest BCUT2D eigenvalue weighted by atomic mass is 16.1. The molecule has 5 rings (SSSR count). The van der Waals surface area contributed by atoms with Gasteiger partial charge in [0, 0.05) is 57.2 Å². The van der Waals surface area contributed by atoms with Crippen molar-refractivity contribution >= 4 is 5.95 Å². The number of pyridine rings is 1. The van der Waals surface area contributed by atoms with E-state index in [1.807, 2.05) is 12.3 Å². The predicted molar refractivity (Wildman–Crippen MR) is 108 cm³/mol. The maximum atomic E-state index is 12.7. The van der Waals surface area contributed by atoms with Crippen molar-refractivity contribution < 1.29 is 0 Å². The summed E-state index contributed by atoms with van der Waals surface area (Å²) < 4.78 is 2.15. The first-order chi connectivity index (χ1) is 13.8. The van der Waals surface area contributed by atoms with Crippen LogP contribution >= 0.6 is 0 Å². The van der Waals surface area contributed by atoms with Gasteiger partial charge in [-0.1, -0.05) is 0 Å². The second kappa shape index (κ2) is 7.24. The molecule has 1 fully saturated rings. The van der Waals surface area contributed by atoms with Gasteiger partial charge in [-0.2, -0.15) is 0 Å². The molecule has 3 aromatic rings.